The number of benzene rings is 2. The monoisotopic (exact) mass is 425 g/mol. The molecule has 2 N–H and O–H groups in total. The van der Waals surface area contributed by atoms with E-state index in [4.69, 9.17) is 27.6 Å². The topological polar surface area (TPSA) is 101 Å². The van der Waals surface area contributed by atoms with Crippen molar-refractivity contribution in [1.82, 2.24) is 10.3 Å². The van der Waals surface area contributed by atoms with Gasteiger partial charge in [0.2, 0.25) is 9.84 Å². The number of hydrogen-bond donors (Lipinski definition) is 2. The number of sulfone groups is 1. The summed E-state index contributed by atoms with van der Waals surface area (Å²) in [7, 11) is -3.75. The molecule has 0 aliphatic rings. The van der Waals surface area contributed by atoms with Gasteiger partial charge in [-0.2, -0.15) is 0 Å². The number of rotatable bonds is 5. The fourth-order valence-corrected chi connectivity index (χ4v) is 3.82. The van der Waals surface area contributed by atoms with Crippen molar-refractivity contribution in [3.63, 3.8) is 0 Å². The minimum atomic E-state index is -3.75. The molecule has 0 spiro atoms. The second-order valence-corrected chi connectivity index (χ2v) is 8.14. The number of nitrogens with one attached hydrogen (secondary N) is 2. The van der Waals surface area contributed by atoms with E-state index in [0.717, 1.165) is 0 Å². The van der Waals surface area contributed by atoms with E-state index in [0.29, 0.717) is 11.4 Å². The molecule has 7 nitrogen and oxygen atoms in total. The maximum Gasteiger partial charge on any atom is 0.319 e. The van der Waals surface area contributed by atoms with Crippen molar-refractivity contribution in [1.29, 1.82) is 0 Å². The standard InChI is InChI=1S/C17H13Cl2N3O4S/c18-15-6-5-14(7-16(15)19)27(24,25)13-3-1-11(2-4-13)22-17(23)21-9-12-8-20-10-26-12/h1-8,10H,9H2,(H2,21,22,23). The summed E-state index contributed by atoms with van der Waals surface area (Å²) in [6.45, 7) is 0.176. The van der Waals surface area contributed by atoms with Crippen LogP contribution in [0.15, 0.2) is 69.3 Å². The summed E-state index contributed by atoms with van der Waals surface area (Å²) in [5.41, 5.74) is 0.429. The number of hydrogen-bond acceptors (Lipinski definition) is 5. The zero-order valence-electron chi connectivity index (χ0n) is 13.6. The number of carbonyl (C=O) groups excluding carboxylic acids is 1. The van der Waals surface area contributed by atoms with Crippen molar-refractivity contribution >= 4 is 44.8 Å². The molecule has 10 heteroatoms. The molecule has 3 aromatic rings. The molecule has 0 bridgehead atoms. The molecule has 1 aromatic heterocycles. The quantitative estimate of drug-likeness (QED) is 0.639. The van der Waals surface area contributed by atoms with E-state index in [2.05, 4.69) is 15.6 Å². The van der Waals surface area contributed by atoms with Crippen molar-refractivity contribution in [2.75, 3.05) is 5.32 Å². The van der Waals surface area contributed by atoms with Gasteiger partial charge in [0, 0.05) is 5.69 Å². The number of halogens is 2. The average molecular weight is 426 g/mol. The summed E-state index contributed by atoms with van der Waals surface area (Å²) in [6.07, 6.45) is 2.75. The Hall–Kier alpha value is -2.55. The van der Waals surface area contributed by atoms with Crippen molar-refractivity contribution in [2.24, 2.45) is 0 Å². The van der Waals surface area contributed by atoms with Crippen molar-refractivity contribution < 1.29 is 17.6 Å². The molecule has 0 aliphatic carbocycles. The summed E-state index contributed by atoms with van der Waals surface area (Å²) < 4.78 is 30.3. The molecule has 0 aliphatic heterocycles. The molecule has 0 saturated heterocycles. The third-order valence-corrected chi connectivity index (χ3v) is 6.04. The predicted molar refractivity (Wildman–Crippen MR) is 101 cm³/mol. The number of anilines is 1. The fourth-order valence-electron chi connectivity index (χ4n) is 2.17. The highest BCUT2D eigenvalue weighted by Crippen LogP contribution is 2.28. The number of carbonyl (C=O) groups is 1. The Kier molecular flexibility index (Phi) is 5.69. The number of oxazole rings is 1. The molecule has 0 saturated carbocycles. The van der Waals surface area contributed by atoms with Crippen LogP contribution >= 0.6 is 23.2 Å². The van der Waals surface area contributed by atoms with E-state index >= 15 is 0 Å². The molecule has 0 radical (unpaired) electrons. The van der Waals surface area contributed by atoms with Crippen LogP contribution in [0.1, 0.15) is 5.76 Å². The molecular weight excluding hydrogens is 413 g/mol. The Labute approximate surface area is 165 Å². The number of amides is 2. The smallest absolute Gasteiger partial charge is 0.319 e. The highest BCUT2D eigenvalue weighted by Gasteiger charge is 2.18. The van der Waals surface area contributed by atoms with Crippen LogP contribution in [0.3, 0.4) is 0 Å². The van der Waals surface area contributed by atoms with Crippen LogP contribution in [-0.4, -0.2) is 19.4 Å². The van der Waals surface area contributed by atoms with Gasteiger partial charge in [0.05, 0.1) is 32.6 Å². The lowest BCUT2D eigenvalue weighted by atomic mass is 10.3. The van der Waals surface area contributed by atoms with Crippen molar-refractivity contribution in [3.05, 3.63) is 70.9 Å². The number of nitrogens with zero attached hydrogens (tertiary/aromatic N) is 1. The first-order valence-electron chi connectivity index (χ1n) is 7.59. The first-order chi connectivity index (χ1) is 12.9. The number of aromatic nitrogens is 1. The summed E-state index contributed by atoms with van der Waals surface area (Å²) in [5, 5.41) is 5.60. The lowest BCUT2D eigenvalue weighted by molar-refractivity contribution is 0.251. The zero-order chi connectivity index (χ0) is 19.4. The fraction of sp³-hybridized carbons (Fsp3) is 0.0588. The van der Waals surface area contributed by atoms with Crippen LogP contribution in [0.25, 0.3) is 0 Å². The first-order valence-corrected chi connectivity index (χ1v) is 9.82. The van der Waals surface area contributed by atoms with Gasteiger partial charge in [0.25, 0.3) is 0 Å². The first kappa shape index (κ1) is 19.2. The third-order valence-electron chi connectivity index (χ3n) is 3.53. The molecule has 1 heterocycles. The third kappa shape index (κ3) is 4.60. The second kappa shape index (κ2) is 7.99. The van der Waals surface area contributed by atoms with Crippen LogP contribution in [0.4, 0.5) is 10.5 Å². The minimum Gasteiger partial charge on any atom is -0.447 e. The Morgan fingerprint density at radius 2 is 1.74 bits per heavy atom. The Balaban J connectivity index is 1.68. The van der Waals surface area contributed by atoms with Gasteiger partial charge in [-0.15, -0.1) is 0 Å². The van der Waals surface area contributed by atoms with E-state index in [1.165, 1.54) is 55.1 Å². The minimum absolute atomic E-state index is 0.0300. The molecule has 27 heavy (non-hydrogen) atoms. The zero-order valence-corrected chi connectivity index (χ0v) is 16.0. The van der Waals surface area contributed by atoms with E-state index in [1.807, 2.05) is 0 Å². The molecule has 140 valence electrons. The Morgan fingerprint density at radius 1 is 1.04 bits per heavy atom. The molecule has 3 rings (SSSR count). The van der Waals surface area contributed by atoms with Crippen LogP contribution in [0, 0.1) is 0 Å². The summed E-state index contributed by atoms with van der Waals surface area (Å²) in [5.74, 6) is 0.508. The number of urea groups is 1. The van der Waals surface area contributed by atoms with Crippen LogP contribution in [0.2, 0.25) is 10.0 Å². The molecule has 2 aromatic carbocycles. The summed E-state index contributed by atoms with van der Waals surface area (Å²) >= 11 is 11.7. The Morgan fingerprint density at radius 3 is 2.37 bits per heavy atom. The van der Waals surface area contributed by atoms with Gasteiger partial charge in [0.15, 0.2) is 6.39 Å². The predicted octanol–water partition coefficient (Wildman–Crippen LogP) is 4.14. The van der Waals surface area contributed by atoms with Gasteiger partial charge in [-0.25, -0.2) is 18.2 Å². The van der Waals surface area contributed by atoms with Gasteiger partial charge < -0.3 is 15.1 Å². The van der Waals surface area contributed by atoms with Gasteiger partial charge in [-0.1, -0.05) is 23.2 Å². The average Bonchev–Trinajstić information content (AvgIpc) is 3.16. The van der Waals surface area contributed by atoms with Crippen LogP contribution in [-0.2, 0) is 16.4 Å². The molecule has 0 fully saturated rings. The van der Waals surface area contributed by atoms with E-state index in [-0.39, 0.29) is 26.4 Å². The Bertz CT molecular complexity index is 1050. The summed E-state index contributed by atoms with van der Waals surface area (Å²) in [6, 6.07) is 9.39. The van der Waals surface area contributed by atoms with Crippen LogP contribution < -0.4 is 10.6 Å². The normalized spacial score (nSPS) is 11.2. The van der Waals surface area contributed by atoms with Gasteiger partial charge in [-0.05, 0) is 42.5 Å². The van der Waals surface area contributed by atoms with Gasteiger partial charge >= 0.3 is 6.03 Å². The SMILES string of the molecule is O=C(NCc1cnco1)Nc1ccc(S(=O)(=O)c2ccc(Cl)c(Cl)c2)cc1. The van der Waals surface area contributed by atoms with E-state index in [9.17, 15) is 13.2 Å². The highest BCUT2D eigenvalue weighted by molar-refractivity contribution is 7.91. The molecule has 0 unspecified atom stereocenters. The van der Waals surface area contributed by atoms with Gasteiger partial charge in [-0.3, -0.25) is 0 Å². The van der Waals surface area contributed by atoms with Gasteiger partial charge in [0.1, 0.15) is 5.76 Å². The van der Waals surface area contributed by atoms with Crippen LogP contribution in [0.5, 0.6) is 0 Å². The second-order valence-electron chi connectivity index (χ2n) is 5.38. The highest BCUT2D eigenvalue weighted by atomic mass is 35.5. The van der Waals surface area contributed by atoms with E-state index < -0.39 is 15.9 Å². The molecule has 2 amide bonds. The maximum atomic E-state index is 12.6. The van der Waals surface area contributed by atoms with Crippen molar-refractivity contribution in [2.45, 2.75) is 16.3 Å². The lowest BCUT2D eigenvalue weighted by Crippen LogP contribution is -2.27. The largest absolute Gasteiger partial charge is 0.447 e. The molecular formula is C17H13Cl2N3O4S. The summed E-state index contributed by atoms with van der Waals surface area (Å²) in [4.78, 5) is 15.7. The van der Waals surface area contributed by atoms with E-state index in [1.54, 1.807) is 0 Å². The maximum absolute atomic E-state index is 12.6. The molecule has 0 atom stereocenters. The lowest BCUT2D eigenvalue weighted by Gasteiger charge is -2.09. The van der Waals surface area contributed by atoms with Crippen molar-refractivity contribution in [3.8, 4) is 0 Å².